The number of aliphatic hydroxyl groups is 2. The highest BCUT2D eigenvalue weighted by Crippen LogP contribution is 2.59. The van der Waals surface area contributed by atoms with Gasteiger partial charge in [-0.3, -0.25) is 9.59 Å². The Morgan fingerprint density at radius 1 is 1.27 bits per heavy atom. The van der Waals surface area contributed by atoms with Crippen LogP contribution in [0, 0.1) is 17.3 Å². The van der Waals surface area contributed by atoms with Gasteiger partial charge in [-0.15, -0.1) is 0 Å². The molecule has 22 heavy (non-hydrogen) atoms. The molecule has 1 saturated heterocycles. The van der Waals surface area contributed by atoms with Crippen LogP contribution >= 0.6 is 0 Å². The summed E-state index contributed by atoms with van der Waals surface area (Å²) < 4.78 is 5.38. The molecule has 2 N–H and O–H groups in total. The molecule has 3 aliphatic carbocycles. The highest BCUT2D eigenvalue weighted by Gasteiger charge is 2.68. The Balaban J connectivity index is 1.79. The molecule has 1 aliphatic heterocycles. The molecular weight excluding hydrogens is 284 g/mol. The molecule has 5 nitrogen and oxygen atoms in total. The maximum absolute atomic E-state index is 13.0. The molecule has 5 heteroatoms. The number of hydrogen-bond acceptors (Lipinski definition) is 5. The minimum atomic E-state index is -1.55. The first-order chi connectivity index (χ1) is 10.2. The lowest BCUT2D eigenvalue weighted by Gasteiger charge is -2.48. The van der Waals surface area contributed by atoms with E-state index < -0.39 is 28.5 Å². The first-order valence-electron chi connectivity index (χ1n) is 8.03. The third-order valence-electron chi connectivity index (χ3n) is 6.54. The van der Waals surface area contributed by atoms with Crippen molar-refractivity contribution in [2.24, 2.45) is 17.3 Å². The van der Waals surface area contributed by atoms with Gasteiger partial charge in [0.05, 0.1) is 17.6 Å². The number of rotatable bonds is 0. The molecule has 0 radical (unpaired) electrons. The summed E-state index contributed by atoms with van der Waals surface area (Å²) in [5.74, 6) is -0.623. The number of carbonyl (C=O) groups excluding carboxylic acids is 2. The first-order valence-corrected chi connectivity index (χ1v) is 8.03. The van der Waals surface area contributed by atoms with E-state index in [2.05, 4.69) is 6.58 Å². The van der Waals surface area contributed by atoms with Gasteiger partial charge >= 0.3 is 0 Å². The zero-order valence-corrected chi connectivity index (χ0v) is 12.8. The molecule has 1 heterocycles. The summed E-state index contributed by atoms with van der Waals surface area (Å²) in [6.07, 6.45) is 1.48. The molecule has 0 unspecified atom stereocenters. The van der Waals surface area contributed by atoms with Crippen LogP contribution in [-0.4, -0.2) is 45.7 Å². The lowest BCUT2D eigenvalue weighted by Crippen LogP contribution is -2.61. The average Bonchev–Trinajstić information content (AvgIpc) is 2.97. The Bertz CT molecular complexity index is 594. The van der Waals surface area contributed by atoms with Gasteiger partial charge in [0.2, 0.25) is 0 Å². The molecule has 2 bridgehead atoms. The fourth-order valence-electron chi connectivity index (χ4n) is 5.30. The normalized spacial score (nSPS) is 54.1. The highest BCUT2D eigenvalue weighted by atomic mass is 16.5. The lowest BCUT2D eigenvalue weighted by atomic mass is 9.54. The zero-order chi connectivity index (χ0) is 15.9. The quantitative estimate of drug-likeness (QED) is 0.510. The molecule has 4 rings (SSSR count). The van der Waals surface area contributed by atoms with E-state index in [4.69, 9.17) is 4.74 Å². The molecule has 0 aromatic heterocycles. The fraction of sp³-hybridized carbons (Fsp3) is 0.765. The number of ketones is 2. The summed E-state index contributed by atoms with van der Waals surface area (Å²) in [7, 11) is 0. The minimum Gasteiger partial charge on any atom is -0.390 e. The van der Waals surface area contributed by atoms with Gasteiger partial charge in [-0.05, 0) is 44.4 Å². The van der Waals surface area contributed by atoms with E-state index in [0.717, 1.165) is 12.0 Å². The Hall–Kier alpha value is -1.04. The van der Waals surface area contributed by atoms with E-state index in [-0.39, 0.29) is 30.6 Å². The van der Waals surface area contributed by atoms with Crippen LogP contribution in [-0.2, 0) is 14.3 Å². The van der Waals surface area contributed by atoms with Crippen molar-refractivity contribution < 1.29 is 24.5 Å². The van der Waals surface area contributed by atoms with Crippen LogP contribution in [0.2, 0.25) is 0 Å². The standard InChI is InChI=1S/C17H22O5/c1-9-5-16(6-11-10(9)3-4-15(11,2)20)13(18)12-7-17(21,8-22-12)14(16)19/h10-12,20-21H,1,3-8H2,2H3/t10-,11-,12-,15+,16+,17+/m0/s1. The molecule has 3 saturated carbocycles. The molecule has 0 aromatic carbocycles. The first kappa shape index (κ1) is 14.5. The van der Waals surface area contributed by atoms with Gasteiger partial charge < -0.3 is 14.9 Å². The maximum atomic E-state index is 13.0. The third kappa shape index (κ3) is 1.59. The SMILES string of the molecule is C=C1C[C@@]2(C[C@H]3[C@H]1CC[C@@]3(C)O)C(=O)[C@@H]1C[C@@](O)(CO1)C2=O. The average molecular weight is 306 g/mol. The van der Waals surface area contributed by atoms with Gasteiger partial charge in [-0.25, -0.2) is 0 Å². The van der Waals surface area contributed by atoms with Crippen LogP contribution in [0.3, 0.4) is 0 Å². The van der Waals surface area contributed by atoms with Crippen molar-refractivity contribution in [2.45, 2.75) is 56.3 Å². The molecule has 0 amide bonds. The summed E-state index contributed by atoms with van der Waals surface area (Å²) in [6, 6.07) is 0. The zero-order valence-electron chi connectivity index (χ0n) is 12.8. The number of Topliss-reactive ketones (excluding diaryl/α,β-unsaturated/α-hetero) is 2. The summed E-state index contributed by atoms with van der Waals surface area (Å²) in [5, 5.41) is 21.2. The van der Waals surface area contributed by atoms with Crippen molar-refractivity contribution in [2.75, 3.05) is 6.61 Å². The summed E-state index contributed by atoms with van der Waals surface area (Å²) in [4.78, 5) is 25.8. The van der Waals surface area contributed by atoms with Crippen LogP contribution in [0.5, 0.6) is 0 Å². The van der Waals surface area contributed by atoms with Crippen LogP contribution in [0.4, 0.5) is 0 Å². The molecular formula is C17H22O5. The lowest BCUT2D eigenvalue weighted by molar-refractivity contribution is -0.162. The van der Waals surface area contributed by atoms with Crippen molar-refractivity contribution in [3.63, 3.8) is 0 Å². The molecule has 6 atom stereocenters. The van der Waals surface area contributed by atoms with E-state index in [0.29, 0.717) is 19.3 Å². The number of carbonyl (C=O) groups is 2. The molecule has 4 fully saturated rings. The number of allylic oxidation sites excluding steroid dienone is 1. The van der Waals surface area contributed by atoms with Gasteiger partial charge in [0.15, 0.2) is 11.6 Å². The van der Waals surface area contributed by atoms with E-state index in [1.165, 1.54) is 0 Å². The van der Waals surface area contributed by atoms with Crippen LogP contribution in [0.15, 0.2) is 12.2 Å². The monoisotopic (exact) mass is 306 g/mol. The van der Waals surface area contributed by atoms with E-state index in [1.807, 2.05) is 0 Å². The van der Waals surface area contributed by atoms with E-state index in [1.54, 1.807) is 6.92 Å². The number of hydrogen-bond donors (Lipinski definition) is 2. The Kier molecular flexibility index (Phi) is 2.69. The van der Waals surface area contributed by atoms with Crippen molar-refractivity contribution >= 4 is 11.6 Å². The Morgan fingerprint density at radius 2 is 2.00 bits per heavy atom. The number of fused-ring (bicyclic) bond motifs is 3. The summed E-state index contributed by atoms with van der Waals surface area (Å²) >= 11 is 0. The second kappa shape index (κ2) is 4.08. The van der Waals surface area contributed by atoms with Gasteiger partial charge in [0, 0.05) is 6.42 Å². The van der Waals surface area contributed by atoms with Gasteiger partial charge in [0.25, 0.3) is 0 Å². The largest absolute Gasteiger partial charge is 0.390 e. The predicted octanol–water partition coefficient (Wildman–Crippen LogP) is 0.772. The van der Waals surface area contributed by atoms with Crippen LogP contribution in [0.1, 0.15) is 39.0 Å². The van der Waals surface area contributed by atoms with Crippen LogP contribution in [0.25, 0.3) is 0 Å². The smallest absolute Gasteiger partial charge is 0.180 e. The predicted molar refractivity (Wildman–Crippen MR) is 77.0 cm³/mol. The second-order valence-corrected chi connectivity index (χ2v) is 7.96. The van der Waals surface area contributed by atoms with Gasteiger partial charge in [0.1, 0.15) is 11.7 Å². The number of ether oxygens (including phenoxy) is 1. The molecule has 4 aliphatic rings. The Morgan fingerprint density at radius 3 is 2.73 bits per heavy atom. The van der Waals surface area contributed by atoms with E-state index in [9.17, 15) is 19.8 Å². The van der Waals surface area contributed by atoms with Crippen molar-refractivity contribution in [3.8, 4) is 0 Å². The fourth-order valence-corrected chi connectivity index (χ4v) is 5.30. The van der Waals surface area contributed by atoms with Crippen molar-refractivity contribution in [1.29, 1.82) is 0 Å². The van der Waals surface area contributed by atoms with Crippen molar-refractivity contribution in [3.05, 3.63) is 12.2 Å². The van der Waals surface area contributed by atoms with E-state index >= 15 is 0 Å². The second-order valence-electron chi connectivity index (χ2n) is 7.96. The molecule has 1 spiro atoms. The molecule has 120 valence electrons. The summed E-state index contributed by atoms with van der Waals surface area (Å²) in [5.41, 5.74) is -2.82. The van der Waals surface area contributed by atoms with Gasteiger partial charge in [-0.2, -0.15) is 0 Å². The minimum absolute atomic E-state index is 0.0728. The van der Waals surface area contributed by atoms with Crippen LogP contribution < -0.4 is 0 Å². The van der Waals surface area contributed by atoms with Crippen molar-refractivity contribution in [1.82, 2.24) is 0 Å². The molecule has 0 aromatic rings. The van der Waals surface area contributed by atoms with Gasteiger partial charge in [-0.1, -0.05) is 12.2 Å². The summed E-state index contributed by atoms with van der Waals surface area (Å²) in [6.45, 7) is 5.78. The third-order valence-corrected chi connectivity index (χ3v) is 6.54. The Labute approximate surface area is 129 Å². The highest BCUT2D eigenvalue weighted by molar-refractivity contribution is 6.15. The maximum Gasteiger partial charge on any atom is 0.180 e. The topological polar surface area (TPSA) is 83.8 Å².